The normalized spacial score (nSPS) is 12.6. The van der Waals surface area contributed by atoms with Crippen molar-refractivity contribution in [2.24, 2.45) is 11.7 Å². The van der Waals surface area contributed by atoms with Crippen LogP contribution < -0.4 is 5.73 Å². The number of allylic oxidation sites excluding steroid dienone is 1. The van der Waals surface area contributed by atoms with Crippen molar-refractivity contribution in [2.75, 3.05) is 13.7 Å². The summed E-state index contributed by atoms with van der Waals surface area (Å²) in [5, 5.41) is 0. The minimum absolute atomic E-state index is 0.609. The fourth-order valence-corrected chi connectivity index (χ4v) is 0.381. The van der Waals surface area contributed by atoms with E-state index in [1.165, 1.54) is 0 Å². The molecule has 0 aromatic carbocycles. The molecule has 0 aromatic rings. The molecule has 0 heterocycles. The predicted molar refractivity (Wildman–Crippen MR) is 51.6 cm³/mol. The molecule has 1 unspecified atom stereocenters. The maximum Gasteiger partial charge on any atom is 0.397 e. The molecule has 3 N–H and O–H groups in total. The molecule has 0 radical (unpaired) electrons. The third-order valence-corrected chi connectivity index (χ3v) is 1.60. The van der Waals surface area contributed by atoms with Crippen LogP contribution in [0.4, 0.5) is 0 Å². The van der Waals surface area contributed by atoms with Gasteiger partial charge in [0.1, 0.15) is 0 Å². The van der Waals surface area contributed by atoms with E-state index in [9.17, 15) is 8.42 Å². The first kappa shape index (κ1) is 15.1. The molecular weight excluding hydrogens is 194 g/mol. The quantitative estimate of drug-likeness (QED) is 0.525. The van der Waals surface area contributed by atoms with Gasteiger partial charge in [-0.05, 0) is 18.9 Å². The van der Waals surface area contributed by atoms with Gasteiger partial charge >= 0.3 is 10.4 Å². The lowest BCUT2D eigenvalue weighted by atomic mass is 10.1. The standard InChI is InChI=1S/C6H13N.CH4O4S/c1-3-4-6(2)5-7;1-5-6(2,3)4/h3,6H,1,4-5,7H2,2H3;1H3,(H,2,3,4). The first-order valence-corrected chi connectivity index (χ1v) is 5.07. The van der Waals surface area contributed by atoms with Crippen LogP contribution in [0.5, 0.6) is 0 Å². The second-order valence-corrected chi connectivity index (χ2v) is 3.65. The second-order valence-electron chi connectivity index (χ2n) is 2.46. The molecule has 0 bridgehead atoms. The number of hydrogen-bond acceptors (Lipinski definition) is 4. The van der Waals surface area contributed by atoms with Gasteiger partial charge in [-0.1, -0.05) is 13.0 Å². The van der Waals surface area contributed by atoms with Crippen molar-refractivity contribution in [3.05, 3.63) is 12.7 Å². The molecule has 0 amide bonds. The summed E-state index contributed by atoms with van der Waals surface area (Å²) in [6.45, 7) is 6.48. The maximum absolute atomic E-state index is 9.33. The van der Waals surface area contributed by atoms with E-state index < -0.39 is 10.4 Å². The van der Waals surface area contributed by atoms with Crippen LogP contribution in [0, 0.1) is 5.92 Å². The van der Waals surface area contributed by atoms with Crippen molar-refractivity contribution < 1.29 is 17.2 Å². The van der Waals surface area contributed by atoms with E-state index in [1.54, 1.807) is 0 Å². The molecule has 0 spiro atoms. The zero-order valence-corrected chi connectivity index (χ0v) is 8.75. The van der Waals surface area contributed by atoms with Gasteiger partial charge in [-0.3, -0.25) is 8.74 Å². The summed E-state index contributed by atoms with van der Waals surface area (Å²) >= 11 is 0. The van der Waals surface area contributed by atoms with Crippen LogP contribution >= 0.6 is 0 Å². The van der Waals surface area contributed by atoms with Crippen molar-refractivity contribution in [3.63, 3.8) is 0 Å². The Balaban J connectivity index is 0. The molecule has 6 heteroatoms. The van der Waals surface area contributed by atoms with Crippen molar-refractivity contribution in [3.8, 4) is 0 Å². The molecule has 5 nitrogen and oxygen atoms in total. The average molecular weight is 211 g/mol. The highest BCUT2D eigenvalue weighted by atomic mass is 32.3. The van der Waals surface area contributed by atoms with Crippen molar-refractivity contribution in [1.82, 2.24) is 0 Å². The van der Waals surface area contributed by atoms with Crippen LogP contribution in [0.3, 0.4) is 0 Å². The molecule has 0 saturated heterocycles. The van der Waals surface area contributed by atoms with Gasteiger partial charge in [-0.2, -0.15) is 8.42 Å². The summed E-state index contributed by atoms with van der Waals surface area (Å²) in [5.41, 5.74) is 5.31. The van der Waals surface area contributed by atoms with Gasteiger partial charge in [-0.15, -0.1) is 6.58 Å². The van der Waals surface area contributed by atoms with Crippen molar-refractivity contribution >= 4 is 10.4 Å². The van der Waals surface area contributed by atoms with E-state index in [4.69, 9.17) is 10.3 Å². The van der Waals surface area contributed by atoms with Crippen LogP contribution in [-0.4, -0.2) is 26.6 Å². The lowest BCUT2D eigenvalue weighted by Crippen LogP contribution is -2.08. The van der Waals surface area contributed by atoms with E-state index in [0.29, 0.717) is 5.92 Å². The monoisotopic (exact) mass is 211 g/mol. The SMILES string of the molecule is C=CCC(C)CN.COS(=O)(=O)O. The fourth-order valence-electron chi connectivity index (χ4n) is 0.381. The summed E-state index contributed by atoms with van der Waals surface area (Å²) in [6, 6.07) is 0. The van der Waals surface area contributed by atoms with Gasteiger partial charge in [0.25, 0.3) is 0 Å². The summed E-state index contributed by atoms with van der Waals surface area (Å²) in [5.74, 6) is 0.609. The van der Waals surface area contributed by atoms with E-state index >= 15 is 0 Å². The first-order chi connectivity index (χ1) is 5.87. The minimum atomic E-state index is -4.16. The Morgan fingerprint density at radius 3 is 2.15 bits per heavy atom. The molecule has 0 aromatic heterocycles. The van der Waals surface area contributed by atoms with Crippen molar-refractivity contribution in [1.29, 1.82) is 0 Å². The summed E-state index contributed by atoms with van der Waals surface area (Å²) in [6.07, 6.45) is 2.94. The molecule has 0 saturated carbocycles. The van der Waals surface area contributed by atoms with E-state index in [1.807, 2.05) is 6.08 Å². The molecule has 0 aliphatic rings. The lowest BCUT2D eigenvalue weighted by Gasteiger charge is -2.00. The van der Waals surface area contributed by atoms with Gasteiger partial charge in [0.15, 0.2) is 0 Å². The molecule has 80 valence electrons. The maximum atomic E-state index is 9.33. The van der Waals surface area contributed by atoms with Crippen LogP contribution in [0.15, 0.2) is 12.7 Å². The van der Waals surface area contributed by atoms with Crippen LogP contribution in [0.25, 0.3) is 0 Å². The Labute approximate surface area is 79.5 Å². The van der Waals surface area contributed by atoms with Gasteiger partial charge < -0.3 is 5.73 Å². The third-order valence-electron chi connectivity index (χ3n) is 1.18. The number of rotatable bonds is 4. The fraction of sp³-hybridized carbons (Fsp3) is 0.714. The Kier molecular flexibility index (Phi) is 9.48. The highest BCUT2D eigenvalue weighted by Crippen LogP contribution is 1.96. The van der Waals surface area contributed by atoms with Gasteiger partial charge in [0.05, 0.1) is 7.11 Å². The number of nitrogens with two attached hydrogens (primary N) is 1. The van der Waals surface area contributed by atoms with Gasteiger partial charge in [-0.25, -0.2) is 0 Å². The minimum Gasteiger partial charge on any atom is -0.330 e. The molecule has 0 rings (SSSR count). The summed E-state index contributed by atoms with van der Waals surface area (Å²) in [4.78, 5) is 0. The molecule has 13 heavy (non-hydrogen) atoms. The lowest BCUT2D eigenvalue weighted by molar-refractivity contribution is 0.324. The van der Waals surface area contributed by atoms with Crippen molar-refractivity contribution in [2.45, 2.75) is 13.3 Å². The van der Waals surface area contributed by atoms with Crippen LogP contribution in [-0.2, 0) is 14.6 Å². The third kappa shape index (κ3) is 18.5. The second kappa shape index (κ2) is 8.18. The smallest absolute Gasteiger partial charge is 0.330 e. The largest absolute Gasteiger partial charge is 0.397 e. The topological polar surface area (TPSA) is 89.6 Å². The predicted octanol–water partition coefficient (Wildman–Crippen LogP) is 0.593. The molecule has 0 aliphatic heterocycles. The number of hydrogen-bond donors (Lipinski definition) is 2. The Morgan fingerprint density at radius 1 is 1.69 bits per heavy atom. The highest BCUT2D eigenvalue weighted by molar-refractivity contribution is 7.80. The van der Waals surface area contributed by atoms with Gasteiger partial charge in [0, 0.05) is 0 Å². The van der Waals surface area contributed by atoms with E-state index in [2.05, 4.69) is 17.7 Å². The average Bonchev–Trinajstić information content (AvgIpc) is 2.05. The highest BCUT2D eigenvalue weighted by Gasteiger charge is 1.94. The molecular formula is C7H17NO4S. The molecule has 0 fully saturated rings. The zero-order chi connectivity index (χ0) is 10.9. The Bertz CT molecular complexity index is 213. The van der Waals surface area contributed by atoms with E-state index in [-0.39, 0.29) is 0 Å². The Morgan fingerprint density at radius 2 is 2.08 bits per heavy atom. The zero-order valence-electron chi connectivity index (χ0n) is 7.93. The molecule has 1 atom stereocenters. The first-order valence-electron chi connectivity index (χ1n) is 3.71. The summed E-state index contributed by atoms with van der Waals surface area (Å²) < 4.78 is 29.7. The summed E-state index contributed by atoms with van der Waals surface area (Å²) in [7, 11) is -3.29. The van der Waals surface area contributed by atoms with Crippen LogP contribution in [0.2, 0.25) is 0 Å². The van der Waals surface area contributed by atoms with E-state index in [0.717, 1.165) is 20.1 Å². The van der Waals surface area contributed by atoms with Crippen LogP contribution in [0.1, 0.15) is 13.3 Å². The Hall–Kier alpha value is -0.430. The van der Waals surface area contributed by atoms with Gasteiger partial charge in [0.2, 0.25) is 0 Å². The molecule has 0 aliphatic carbocycles.